The van der Waals surface area contributed by atoms with E-state index in [1.54, 1.807) is 0 Å². The molecule has 0 amide bonds. The van der Waals surface area contributed by atoms with Crippen molar-refractivity contribution < 1.29 is 9.47 Å². The molecule has 0 fully saturated rings. The molecule has 0 unspecified atom stereocenters. The molecule has 1 rings (SSSR count). The minimum Gasteiger partial charge on any atom is -0.491 e. The van der Waals surface area contributed by atoms with Gasteiger partial charge in [0.15, 0.2) is 0 Å². The Bertz CT molecular complexity index is 380. The maximum absolute atomic E-state index is 6.21. The molecule has 0 spiro atoms. The van der Waals surface area contributed by atoms with Gasteiger partial charge in [-0.1, -0.05) is 25.4 Å². The van der Waals surface area contributed by atoms with Crippen LogP contribution in [0.15, 0.2) is 12.1 Å². The molecule has 0 N–H and O–H groups in total. The Morgan fingerprint density at radius 3 is 2.56 bits per heavy atom. The highest BCUT2D eigenvalue weighted by molar-refractivity contribution is 7.80. The average Bonchev–Trinajstić information content (AvgIpc) is 2.30. The van der Waals surface area contributed by atoms with Crippen LogP contribution in [-0.4, -0.2) is 25.6 Å². The van der Waals surface area contributed by atoms with Crippen LogP contribution in [0.1, 0.15) is 30.9 Å². The molecular formula is C14H21ClO2S. The lowest BCUT2D eigenvalue weighted by Crippen LogP contribution is -2.09. The summed E-state index contributed by atoms with van der Waals surface area (Å²) in [5, 5.41) is 0.807. The zero-order chi connectivity index (χ0) is 13.5. The van der Waals surface area contributed by atoms with Crippen molar-refractivity contribution in [2.24, 2.45) is 0 Å². The van der Waals surface area contributed by atoms with E-state index in [-0.39, 0.29) is 0 Å². The van der Waals surface area contributed by atoms with Gasteiger partial charge in [-0.05, 0) is 36.1 Å². The van der Waals surface area contributed by atoms with E-state index in [1.807, 2.05) is 19.1 Å². The molecule has 0 aliphatic carbocycles. The Labute approximate surface area is 120 Å². The first-order valence-electron chi connectivity index (χ1n) is 6.17. The second-order valence-corrected chi connectivity index (χ2v) is 5.33. The predicted molar refractivity (Wildman–Crippen MR) is 80.4 cm³/mol. The van der Waals surface area contributed by atoms with Crippen molar-refractivity contribution in [3.05, 3.63) is 28.3 Å². The molecule has 0 aliphatic rings. The number of hydrogen-bond acceptors (Lipinski definition) is 3. The van der Waals surface area contributed by atoms with E-state index < -0.39 is 0 Å². The molecule has 102 valence electrons. The fourth-order valence-electron chi connectivity index (χ4n) is 1.64. The molecular weight excluding hydrogens is 268 g/mol. The number of rotatable bonds is 7. The van der Waals surface area contributed by atoms with Crippen molar-refractivity contribution in [2.45, 2.75) is 26.7 Å². The number of thiol groups is 1. The van der Waals surface area contributed by atoms with Crippen molar-refractivity contribution in [1.29, 1.82) is 0 Å². The van der Waals surface area contributed by atoms with E-state index >= 15 is 0 Å². The Morgan fingerprint density at radius 1 is 1.22 bits per heavy atom. The average molecular weight is 289 g/mol. The fraction of sp³-hybridized carbons (Fsp3) is 0.571. The van der Waals surface area contributed by atoms with Gasteiger partial charge in [0.2, 0.25) is 0 Å². The maximum atomic E-state index is 6.21. The van der Waals surface area contributed by atoms with Crippen LogP contribution in [0.4, 0.5) is 0 Å². The predicted octanol–water partition coefficient (Wildman–Crippen LogP) is 4.10. The summed E-state index contributed by atoms with van der Waals surface area (Å²) < 4.78 is 11.0. The molecule has 0 radical (unpaired) electrons. The maximum Gasteiger partial charge on any atom is 0.122 e. The van der Waals surface area contributed by atoms with Crippen LogP contribution in [0.25, 0.3) is 0 Å². The molecule has 1 aromatic carbocycles. The van der Waals surface area contributed by atoms with Gasteiger partial charge in [-0.15, -0.1) is 0 Å². The Morgan fingerprint density at radius 2 is 1.94 bits per heavy atom. The topological polar surface area (TPSA) is 18.5 Å². The summed E-state index contributed by atoms with van der Waals surface area (Å²) in [5.41, 5.74) is 2.17. The van der Waals surface area contributed by atoms with Gasteiger partial charge >= 0.3 is 0 Å². The van der Waals surface area contributed by atoms with Gasteiger partial charge in [0.05, 0.1) is 13.2 Å². The second-order valence-electron chi connectivity index (χ2n) is 4.48. The molecule has 0 bridgehead atoms. The van der Waals surface area contributed by atoms with Gasteiger partial charge in [-0.2, -0.15) is 12.6 Å². The highest BCUT2D eigenvalue weighted by atomic mass is 35.5. The quantitative estimate of drug-likeness (QED) is 0.601. The van der Waals surface area contributed by atoms with Gasteiger partial charge in [0.1, 0.15) is 12.4 Å². The van der Waals surface area contributed by atoms with E-state index in [4.69, 9.17) is 21.1 Å². The minimum absolute atomic E-state index is 0.390. The third-order valence-corrected chi connectivity index (χ3v) is 3.15. The van der Waals surface area contributed by atoms with Crippen molar-refractivity contribution in [2.75, 3.05) is 25.6 Å². The second kappa shape index (κ2) is 7.93. The molecule has 4 heteroatoms. The first-order chi connectivity index (χ1) is 8.56. The summed E-state index contributed by atoms with van der Waals surface area (Å²) in [6.45, 7) is 8.03. The monoisotopic (exact) mass is 288 g/mol. The molecule has 0 aliphatic heterocycles. The van der Waals surface area contributed by atoms with Crippen molar-refractivity contribution in [3.8, 4) is 5.75 Å². The van der Waals surface area contributed by atoms with Crippen LogP contribution in [-0.2, 0) is 4.74 Å². The first kappa shape index (κ1) is 15.7. The van der Waals surface area contributed by atoms with Crippen molar-refractivity contribution in [3.63, 3.8) is 0 Å². The summed E-state index contributed by atoms with van der Waals surface area (Å²) in [5.74, 6) is 2.01. The lowest BCUT2D eigenvalue weighted by atomic mass is 10.0. The molecule has 0 saturated heterocycles. The molecule has 0 aromatic heterocycles. The summed E-state index contributed by atoms with van der Waals surface area (Å²) in [6.07, 6.45) is 0. The molecule has 0 atom stereocenters. The number of aryl methyl sites for hydroxylation is 1. The van der Waals surface area contributed by atoms with Crippen LogP contribution >= 0.6 is 24.2 Å². The molecule has 0 heterocycles. The van der Waals surface area contributed by atoms with Crippen molar-refractivity contribution in [1.82, 2.24) is 0 Å². The van der Waals surface area contributed by atoms with Crippen LogP contribution in [0.2, 0.25) is 5.02 Å². The highest BCUT2D eigenvalue weighted by Gasteiger charge is 2.09. The SMILES string of the molecule is Cc1cc(Cl)c(C(C)C)cc1OCCOCCS. The molecule has 18 heavy (non-hydrogen) atoms. The van der Waals surface area contributed by atoms with Gasteiger partial charge in [0, 0.05) is 10.8 Å². The van der Waals surface area contributed by atoms with E-state index in [9.17, 15) is 0 Å². The summed E-state index contributed by atoms with van der Waals surface area (Å²) in [7, 11) is 0. The normalized spacial score (nSPS) is 11.0. The number of benzene rings is 1. The van der Waals surface area contributed by atoms with Crippen LogP contribution in [0.3, 0.4) is 0 Å². The van der Waals surface area contributed by atoms with Gasteiger partial charge in [0.25, 0.3) is 0 Å². The summed E-state index contributed by atoms with van der Waals surface area (Å²) in [4.78, 5) is 0. The molecule has 0 saturated carbocycles. The smallest absolute Gasteiger partial charge is 0.122 e. The standard InChI is InChI=1S/C14H21ClO2S/c1-10(2)12-9-14(11(3)8-13(12)15)17-5-4-16-6-7-18/h8-10,18H,4-7H2,1-3H3. The molecule has 2 nitrogen and oxygen atoms in total. The number of ether oxygens (including phenoxy) is 2. The lowest BCUT2D eigenvalue weighted by molar-refractivity contribution is 0.112. The van der Waals surface area contributed by atoms with E-state index in [0.717, 1.165) is 27.7 Å². The van der Waals surface area contributed by atoms with Crippen molar-refractivity contribution >= 4 is 24.2 Å². The number of hydrogen-bond donors (Lipinski definition) is 1. The zero-order valence-electron chi connectivity index (χ0n) is 11.2. The van der Waals surface area contributed by atoms with Gasteiger partial charge in [-0.3, -0.25) is 0 Å². The van der Waals surface area contributed by atoms with Crippen LogP contribution in [0, 0.1) is 6.92 Å². The summed E-state index contributed by atoms with van der Waals surface area (Å²) in [6, 6.07) is 3.99. The fourth-order valence-corrected chi connectivity index (χ4v) is 2.21. The van der Waals surface area contributed by atoms with E-state index in [1.165, 1.54) is 0 Å². The first-order valence-corrected chi connectivity index (χ1v) is 7.18. The van der Waals surface area contributed by atoms with Gasteiger partial charge < -0.3 is 9.47 Å². The third kappa shape index (κ3) is 4.71. The van der Waals surface area contributed by atoms with E-state index in [0.29, 0.717) is 25.7 Å². The van der Waals surface area contributed by atoms with Gasteiger partial charge in [-0.25, -0.2) is 0 Å². The minimum atomic E-state index is 0.390. The molecule has 1 aromatic rings. The van der Waals surface area contributed by atoms with Crippen LogP contribution in [0.5, 0.6) is 5.75 Å². The number of halogens is 1. The third-order valence-electron chi connectivity index (χ3n) is 2.64. The lowest BCUT2D eigenvalue weighted by Gasteiger charge is -2.14. The summed E-state index contributed by atoms with van der Waals surface area (Å²) >= 11 is 10.3. The Kier molecular flexibility index (Phi) is 6.90. The zero-order valence-corrected chi connectivity index (χ0v) is 12.9. The largest absolute Gasteiger partial charge is 0.491 e. The van der Waals surface area contributed by atoms with E-state index in [2.05, 4.69) is 26.5 Å². The Hall–Kier alpha value is -0.380. The Balaban J connectivity index is 2.62. The van der Waals surface area contributed by atoms with Crippen LogP contribution < -0.4 is 4.74 Å². The highest BCUT2D eigenvalue weighted by Crippen LogP contribution is 2.31.